The van der Waals surface area contributed by atoms with Crippen molar-refractivity contribution in [3.63, 3.8) is 0 Å². The van der Waals surface area contributed by atoms with Crippen LogP contribution in [0.1, 0.15) is 23.4 Å². The van der Waals surface area contributed by atoms with Gasteiger partial charge in [-0.15, -0.1) is 0 Å². The molecule has 37 heavy (non-hydrogen) atoms. The third-order valence-corrected chi connectivity index (χ3v) is 7.55. The highest BCUT2D eigenvalue weighted by molar-refractivity contribution is 7.92. The molecule has 0 radical (unpaired) electrons. The van der Waals surface area contributed by atoms with Crippen molar-refractivity contribution in [2.75, 3.05) is 17.4 Å². The van der Waals surface area contributed by atoms with Crippen LogP contribution in [0.2, 0.25) is 0 Å². The summed E-state index contributed by atoms with van der Waals surface area (Å²) in [6.07, 6.45) is 0. The van der Waals surface area contributed by atoms with E-state index in [-0.39, 0.29) is 35.7 Å². The molecule has 0 bridgehead atoms. The number of sulfone groups is 1. The summed E-state index contributed by atoms with van der Waals surface area (Å²) in [6.45, 7) is 1.78. The summed E-state index contributed by atoms with van der Waals surface area (Å²) in [5.41, 5.74) is 2.29. The summed E-state index contributed by atoms with van der Waals surface area (Å²) in [6, 6.07) is 20.0. The highest BCUT2D eigenvalue weighted by Crippen LogP contribution is 2.35. The number of anilines is 2. The van der Waals surface area contributed by atoms with Gasteiger partial charge in [-0.3, -0.25) is 4.79 Å². The second kappa shape index (κ2) is 9.75. The third kappa shape index (κ3) is 4.87. The molecule has 0 saturated heterocycles. The van der Waals surface area contributed by atoms with Gasteiger partial charge in [0.2, 0.25) is 22.5 Å². The van der Waals surface area contributed by atoms with E-state index < -0.39 is 15.1 Å². The normalized spacial score (nSPS) is 13.1. The van der Waals surface area contributed by atoms with Crippen LogP contribution in [-0.2, 0) is 21.2 Å². The lowest BCUT2D eigenvalue weighted by Crippen LogP contribution is -2.17. The summed E-state index contributed by atoms with van der Waals surface area (Å²) in [5, 5.41) is 14.1. The van der Waals surface area contributed by atoms with Crippen molar-refractivity contribution in [3.05, 3.63) is 78.0 Å². The number of rotatable bonds is 7. The van der Waals surface area contributed by atoms with Gasteiger partial charge in [0.1, 0.15) is 5.69 Å². The van der Waals surface area contributed by atoms with Gasteiger partial charge in [-0.25, -0.2) is 18.4 Å². The van der Waals surface area contributed by atoms with E-state index in [1.807, 2.05) is 18.2 Å². The van der Waals surface area contributed by atoms with Gasteiger partial charge in [-0.05, 0) is 54.1 Å². The number of fused-ring (bicyclic) bond motifs is 2. The Bertz CT molecular complexity index is 1650. The molecule has 1 aromatic heterocycles. The molecule has 186 valence electrons. The zero-order valence-electron chi connectivity index (χ0n) is 19.6. The maximum absolute atomic E-state index is 13.6. The van der Waals surface area contributed by atoms with Crippen molar-refractivity contribution in [2.45, 2.75) is 23.6 Å². The van der Waals surface area contributed by atoms with Gasteiger partial charge in [-0.1, -0.05) is 18.2 Å². The Morgan fingerprint density at radius 2 is 1.73 bits per heavy atom. The zero-order chi connectivity index (χ0) is 26.0. The molecule has 5 rings (SSSR count). The summed E-state index contributed by atoms with van der Waals surface area (Å²) < 4.78 is 37.9. The maximum atomic E-state index is 13.6. The molecule has 1 aliphatic rings. The number of hydrogen-bond acceptors (Lipinski definition) is 9. The Kier molecular flexibility index (Phi) is 6.33. The summed E-state index contributed by atoms with van der Waals surface area (Å²) in [7, 11) is -4.18. The van der Waals surface area contributed by atoms with Gasteiger partial charge in [0.15, 0.2) is 22.6 Å². The first-order valence-electron chi connectivity index (χ1n) is 11.3. The molecule has 1 aliphatic heterocycles. The second-order valence-electron chi connectivity index (χ2n) is 8.25. The average molecular weight is 516 g/mol. The third-order valence-electron chi connectivity index (χ3n) is 5.67. The van der Waals surface area contributed by atoms with Crippen LogP contribution in [0.3, 0.4) is 0 Å². The Balaban J connectivity index is 1.51. The summed E-state index contributed by atoms with van der Waals surface area (Å²) in [4.78, 5) is 20.3. The van der Waals surface area contributed by atoms with Crippen molar-refractivity contribution in [1.82, 2.24) is 9.97 Å². The van der Waals surface area contributed by atoms with E-state index >= 15 is 0 Å². The zero-order valence-corrected chi connectivity index (χ0v) is 20.5. The fourth-order valence-corrected chi connectivity index (χ4v) is 5.29. The molecule has 2 heterocycles. The molecule has 0 fully saturated rings. The molecule has 1 atom stereocenters. The van der Waals surface area contributed by atoms with Crippen LogP contribution in [0.4, 0.5) is 11.5 Å². The highest BCUT2D eigenvalue weighted by atomic mass is 32.2. The van der Waals surface area contributed by atoms with E-state index in [4.69, 9.17) is 9.47 Å². The fourth-order valence-electron chi connectivity index (χ4n) is 3.91. The number of aromatic nitrogens is 2. The number of nitrogens with one attached hydrogen (secondary N) is 2. The molecule has 4 aromatic rings. The van der Waals surface area contributed by atoms with E-state index in [1.54, 1.807) is 30.3 Å². The second-order valence-corrected chi connectivity index (χ2v) is 10.3. The minimum atomic E-state index is -4.18. The van der Waals surface area contributed by atoms with Crippen LogP contribution >= 0.6 is 0 Å². The first-order valence-corrected chi connectivity index (χ1v) is 12.8. The molecule has 10 nitrogen and oxygen atoms in total. The van der Waals surface area contributed by atoms with Crippen LogP contribution in [0, 0.1) is 11.3 Å². The number of carbonyl (C=O) groups is 1. The Morgan fingerprint density at radius 3 is 2.43 bits per heavy atom. The Labute approximate surface area is 212 Å². The SMILES string of the molecule is CC(=O)Nc1ccc(S(=O)(=O)[C@H](C#N)c2nc3ccccc3nc2NCc2ccc3c(c2)OCO3)cc1. The molecule has 0 unspecified atom stereocenters. The maximum Gasteiger partial charge on any atom is 0.231 e. The number of ether oxygens (including phenoxy) is 2. The first kappa shape index (κ1) is 24.0. The largest absolute Gasteiger partial charge is 0.454 e. The van der Waals surface area contributed by atoms with Gasteiger partial charge in [0, 0.05) is 19.2 Å². The van der Waals surface area contributed by atoms with Gasteiger partial charge >= 0.3 is 0 Å². The van der Waals surface area contributed by atoms with Gasteiger partial charge in [0.25, 0.3) is 0 Å². The number of nitrogens with zero attached hydrogens (tertiary/aromatic N) is 3. The van der Waals surface area contributed by atoms with Crippen LogP contribution in [-0.4, -0.2) is 31.1 Å². The fraction of sp³-hybridized carbons (Fsp3) is 0.154. The van der Waals surface area contributed by atoms with E-state index in [9.17, 15) is 18.5 Å². The van der Waals surface area contributed by atoms with Crippen molar-refractivity contribution in [3.8, 4) is 17.6 Å². The van der Waals surface area contributed by atoms with E-state index in [0.717, 1.165) is 5.56 Å². The number of benzene rings is 3. The molecule has 11 heteroatoms. The lowest BCUT2D eigenvalue weighted by molar-refractivity contribution is -0.114. The monoisotopic (exact) mass is 515 g/mol. The Hall–Kier alpha value is -4.69. The van der Waals surface area contributed by atoms with Crippen LogP contribution in [0.25, 0.3) is 11.0 Å². The van der Waals surface area contributed by atoms with E-state index in [0.29, 0.717) is 28.2 Å². The minimum absolute atomic E-state index is 0.00659. The lowest BCUT2D eigenvalue weighted by atomic mass is 10.2. The predicted molar refractivity (Wildman–Crippen MR) is 136 cm³/mol. The number of nitriles is 1. The van der Waals surface area contributed by atoms with Gasteiger partial charge in [-0.2, -0.15) is 5.26 Å². The molecule has 0 spiro atoms. The van der Waals surface area contributed by atoms with Crippen LogP contribution < -0.4 is 20.1 Å². The number of hydrogen-bond donors (Lipinski definition) is 2. The van der Waals surface area contributed by atoms with Gasteiger partial charge < -0.3 is 20.1 Å². The van der Waals surface area contributed by atoms with Gasteiger partial charge in [0.05, 0.1) is 22.0 Å². The van der Waals surface area contributed by atoms with Crippen molar-refractivity contribution < 1.29 is 22.7 Å². The standard InChI is InChI=1S/C26H21N5O5S/c1-16(32)29-18-7-9-19(10-8-18)37(33,34)24(13-27)25-26(31-21-5-3-2-4-20(21)30-25)28-14-17-6-11-22-23(12-17)36-15-35-22/h2-12,24H,14-15H2,1H3,(H,28,31)(H,29,32)/t24-/m1/s1. The summed E-state index contributed by atoms with van der Waals surface area (Å²) in [5.74, 6) is 1.16. The van der Waals surface area contributed by atoms with Crippen LogP contribution in [0.15, 0.2) is 71.6 Å². The smallest absolute Gasteiger partial charge is 0.231 e. The van der Waals surface area contributed by atoms with E-state index in [2.05, 4.69) is 20.6 Å². The van der Waals surface area contributed by atoms with Crippen LogP contribution in [0.5, 0.6) is 11.5 Å². The highest BCUT2D eigenvalue weighted by Gasteiger charge is 2.33. The molecule has 1 amide bonds. The summed E-state index contributed by atoms with van der Waals surface area (Å²) >= 11 is 0. The lowest BCUT2D eigenvalue weighted by Gasteiger charge is -2.16. The average Bonchev–Trinajstić information content (AvgIpc) is 3.35. The topological polar surface area (TPSA) is 143 Å². The quantitative estimate of drug-likeness (QED) is 0.374. The molecule has 0 aliphatic carbocycles. The molecule has 0 saturated carbocycles. The van der Waals surface area contributed by atoms with E-state index in [1.165, 1.54) is 31.2 Å². The molecule has 2 N–H and O–H groups in total. The molecule has 3 aromatic carbocycles. The molecular weight excluding hydrogens is 494 g/mol. The van der Waals surface area contributed by atoms with Crippen molar-refractivity contribution in [2.24, 2.45) is 0 Å². The van der Waals surface area contributed by atoms with Crippen molar-refractivity contribution in [1.29, 1.82) is 5.26 Å². The van der Waals surface area contributed by atoms with Crippen molar-refractivity contribution >= 4 is 38.3 Å². The minimum Gasteiger partial charge on any atom is -0.454 e. The number of amides is 1. The molecular formula is C26H21N5O5S. The Morgan fingerprint density at radius 1 is 1.03 bits per heavy atom. The number of carbonyl (C=O) groups excluding carboxylic acids is 1. The predicted octanol–water partition coefficient (Wildman–Crippen LogP) is 3.97. The first-order chi connectivity index (χ1) is 17.8. The number of para-hydroxylation sites is 2.